The van der Waals surface area contributed by atoms with Crippen LogP contribution in [-0.2, 0) is 0 Å². The molecule has 1 aliphatic rings. The van der Waals surface area contributed by atoms with Crippen molar-refractivity contribution in [3.05, 3.63) is 47.0 Å². The summed E-state index contributed by atoms with van der Waals surface area (Å²) in [5.74, 6) is -0.106. The molecule has 1 atom stereocenters. The Morgan fingerprint density at radius 2 is 2.00 bits per heavy atom. The first-order chi connectivity index (χ1) is 11.8. The number of aromatic nitrogens is 1. The molecule has 0 saturated carbocycles. The maximum atomic E-state index is 12.4. The Labute approximate surface area is 147 Å². The number of hydrogen-bond donors (Lipinski definition) is 2. The van der Waals surface area contributed by atoms with Crippen molar-refractivity contribution in [1.82, 2.24) is 15.2 Å². The molecule has 0 aliphatic carbocycles. The average molecular weight is 344 g/mol. The zero-order valence-corrected chi connectivity index (χ0v) is 14.8. The number of likely N-dealkylation sites (tertiary alicyclic amines) is 1. The molecule has 1 aromatic carbocycles. The Morgan fingerprint density at radius 3 is 2.67 bits per heavy atom. The van der Waals surface area contributed by atoms with E-state index >= 15 is 0 Å². The topological polar surface area (TPSA) is 57.3 Å². The molecule has 2 N–H and O–H groups in total. The second kappa shape index (κ2) is 8.26. The van der Waals surface area contributed by atoms with Crippen LogP contribution in [0.25, 0.3) is 0 Å². The van der Waals surface area contributed by atoms with Crippen molar-refractivity contribution in [2.75, 3.05) is 32.0 Å². The van der Waals surface area contributed by atoms with Crippen LogP contribution in [0.1, 0.15) is 41.4 Å². The number of piperidine rings is 1. The molecule has 128 valence electrons. The Hall–Kier alpha value is -1.92. The van der Waals surface area contributed by atoms with Crippen molar-refractivity contribution >= 4 is 22.4 Å². The molecule has 1 fully saturated rings. The van der Waals surface area contributed by atoms with Crippen LogP contribution in [0.3, 0.4) is 0 Å². The minimum atomic E-state index is -0.106. The molecule has 1 aromatic heterocycles. The lowest BCUT2D eigenvalue weighted by molar-refractivity contribution is 0.0920. The molecule has 3 rings (SSSR count). The Bertz CT molecular complexity index is 652. The fraction of sp³-hybridized carbons (Fsp3) is 0.444. The van der Waals surface area contributed by atoms with Gasteiger partial charge in [-0.1, -0.05) is 36.8 Å². The summed E-state index contributed by atoms with van der Waals surface area (Å²) in [5, 5.41) is 8.58. The quantitative estimate of drug-likeness (QED) is 0.845. The van der Waals surface area contributed by atoms with Crippen molar-refractivity contribution < 1.29 is 4.79 Å². The molecule has 2 heterocycles. The minimum absolute atomic E-state index is 0.106. The highest BCUT2D eigenvalue weighted by molar-refractivity contribution is 7.13. The van der Waals surface area contributed by atoms with Gasteiger partial charge in [0.2, 0.25) is 0 Å². The van der Waals surface area contributed by atoms with Gasteiger partial charge in [-0.15, -0.1) is 11.3 Å². The van der Waals surface area contributed by atoms with E-state index in [9.17, 15) is 4.79 Å². The molecule has 1 unspecified atom stereocenters. The third kappa shape index (κ3) is 4.13. The van der Waals surface area contributed by atoms with E-state index < -0.39 is 0 Å². The van der Waals surface area contributed by atoms with Crippen LogP contribution in [0.5, 0.6) is 0 Å². The standard InChI is InChI=1S/C18H24N4OS/c1-19-18-21-15(13-24-18)17(23)20-12-16(14-8-4-2-5-9-14)22-10-6-3-7-11-22/h2,4-5,8-9,13,16H,3,6-7,10-12H2,1H3,(H,19,21)(H,20,23). The fourth-order valence-electron chi connectivity index (χ4n) is 3.14. The van der Waals surface area contributed by atoms with E-state index in [1.165, 1.54) is 36.2 Å². The first-order valence-corrected chi connectivity index (χ1v) is 9.36. The Kier molecular flexibility index (Phi) is 5.82. The van der Waals surface area contributed by atoms with Crippen LogP contribution in [0.2, 0.25) is 0 Å². The molecule has 24 heavy (non-hydrogen) atoms. The fourth-order valence-corrected chi connectivity index (χ4v) is 3.79. The summed E-state index contributed by atoms with van der Waals surface area (Å²) in [5.41, 5.74) is 1.74. The number of hydrogen-bond acceptors (Lipinski definition) is 5. The second-order valence-electron chi connectivity index (χ2n) is 6.02. The lowest BCUT2D eigenvalue weighted by Gasteiger charge is -2.35. The number of rotatable bonds is 6. The highest BCUT2D eigenvalue weighted by atomic mass is 32.1. The van der Waals surface area contributed by atoms with Gasteiger partial charge in [-0.25, -0.2) is 4.98 Å². The van der Waals surface area contributed by atoms with Gasteiger partial charge < -0.3 is 10.6 Å². The summed E-state index contributed by atoms with van der Waals surface area (Å²) in [6.07, 6.45) is 3.76. The lowest BCUT2D eigenvalue weighted by atomic mass is 10.0. The van der Waals surface area contributed by atoms with Crippen molar-refractivity contribution in [2.24, 2.45) is 0 Å². The zero-order valence-electron chi connectivity index (χ0n) is 14.0. The number of carbonyl (C=O) groups excluding carboxylic acids is 1. The molecule has 6 heteroatoms. The normalized spacial score (nSPS) is 16.5. The highest BCUT2D eigenvalue weighted by Gasteiger charge is 2.23. The van der Waals surface area contributed by atoms with Crippen LogP contribution in [-0.4, -0.2) is 42.5 Å². The summed E-state index contributed by atoms with van der Waals surface area (Å²) in [6, 6.07) is 10.7. The number of nitrogens with zero attached hydrogens (tertiary/aromatic N) is 2. The van der Waals surface area contributed by atoms with E-state index in [1.807, 2.05) is 13.1 Å². The van der Waals surface area contributed by atoms with Gasteiger partial charge in [0.25, 0.3) is 5.91 Å². The van der Waals surface area contributed by atoms with Gasteiger partial charge in [0, 0.05) is 19.0 Å². The lowest BCUT2D eigenvalue weighted by Crippen LogP contribution is -2.40. The molecule has 5 nitrogen and oxygen atoms in total. The number of thiazole rings is 1. The third-order valence-electron chi connectivity index (χ3n) is 4.42. The molecule has 0 spiro atoms. The van der Waals surface area contributed by atoms with E-state index in [0.29, 0.717) is 12.2 Å². The van der Waals surface area contributed by atoms with Crippen molar-refractivity contribution in [1.29, 1.82) is 0 Å². The maximum Gasteiger partial charge on any atom is 0.270 e. The van der Waals surface area contributed by atoms with Gasteiger partial charge >= 0.3 is 0 Å². The SMILES string of the molecule is CNc1nc(C(=O)NCC(c2ccccc2)N2CCCCC2)cs1. The van der Waals surface area contributed by atoms with Gasteiger partial charge in [0.05, 0.1) is 6.04 Å². The number of anilines is 1. The van der Waals surface area contributed by atoms with Gasteiger partial charge in [-0.3, -0.25) is 9.69 Å². The largest absolute Gasteiger partial charge is 0.365 e. The third-order valence-corrected chi connectivity index (χ3v) is 5.28. The van der Waals surface area contributed by atoms with E-state index in [0.717, 1.165) is 18.2 Å². The summed E-state index contributed by atoms with van der Waals surface area (Å²) >= 11 is 1.44. The molecule has 1 amide bonds. The predicted molar refractivity (Wildman–Crippen MR) is 98.6 cm³/mol. The molecule has 2 aromatic rings. The van der Waals surface area contributed by atoms with Crippen LogP contribution in [0.4, 0.5) is 5.13 Å². The summed E-state index contributed by atoms with van der Waals surface area (Å²) < 4.78 is 0. The average Bonchev–Trinajstić information content (AvgIpc) is 3.13. The number of nitrogens with one attached hydrogen (secondary N) is 2. The van der Waals surface area contributed by atoms with Gasteiger partial charge in [-0.2, -0.15) is 0 Å². The predicted octanol–water partition coefficient (Wildman–Crippen LogP) is 3.14. The second-order valence-corrected chi connectivity index (χ2v) is 6.88. The highest BCUT2D eigenvalue weighted by Crippen LogP contribution is 2.24. The van der Waals surface area contributed by atoms with Crippen LogP contribution < -0.4 is 10.6 Å². The molecular formula is C18H24N4OS. The number of carbonyl (C=O) groups is 1. The summed E-state index contributed by atoms with van der Waals surface area (Å²) in [7, 11) is 1.81. The van der Waals surface area contributed by atoms with Gasteiger partial charge in [0.15, 0.2) is 5.13 Å². The molecule has 0 radical (unpaired) electrons. The van der Waals surface area contributed by atoms with Crippen molar-refractivity contribution in [3.63, 3.8) is 0 Å². The molecule has 1 aliphatic heterocycles. The van der Waals surface area contributed by atoms with Crippen molar-refractivity contribution in [3.8, 4) is 0 Å². The van der Waals surface area contributed by atoms with Gasteiger partial charge in [-0.05, 0) is 31.5 Å². The smallest absolute Gasteiger partial charge is 0.270 e. The van der Waals surface area contributed by atoms with Crippen LogP contribution >= 0.6 is 11.3 Å². The summed E-state index contributed by atoms with van der Waals surface area (Å²) in [6.45, 7) is 2.79. The Balaban J connectivity index is 1.68. The summed E-state index contributed by atoms with van der Waals surface area (Å²) in [4.78, 5) is 19.1. The van der Waals surface area contributed by atoms with Crippen LogP contribution in [0, 0.1) is 0 Å². The van der Waals surface area contributed by atoms with Crippen LogP contribution in [0.15, 0.2) is 35.7 Å². The van der Waals surface area contributed by atoms with E-state index in [2.05, 4.69) is 44.8 Å². The Morgan fingerprint density at radius 1 is 1.25 bits per heavy atom. The molecule has 1 saturated heterocycles. The monoisotopic (exact) mass is 344 g/mol. The first kappa shape index (κ1) is 16.9. The maximum absolute atomic E-state index is 12.4. The van der Waals surface area contributed by atoms with E-state index in [-0.39, 0.29) is 11.9 Å². The van der Waals surface area contributed by atoms with E-state index in [1.54, 1.807) is 5.38 Å². The molecule has 0 bridgehead atoms. The first-order valence-electron chi connectivity index (χ1n) is 8.48. The van der Waals surface area contributed by atoms with Gasteiger partial charge in [0.1, 0.15) is 5.69 Å². The van der Waals surface area contributed by atoms with E-state index in [4.69, 9.17) is 0 Å². The number of benzene rings is 1. The minimum Gasteiger partial charge on any atom is -0.365 e. The number of amides is 1. The zero-order chi connectivity index (χ0) is 16.8. The molecular weight excluding hydrogens is 320 g/mol. The van der Waals surface area contributed by atoms with Crippen molar-refractivity contribution in [2.45, 2.75) is 25.3 Å².